The van der Waals surface area contributed by atoms with Crippen LogP contribution in [-0.2, 0) is 19.3 Å². The van der Waals surface area contributed by atoms with Crippen LogP contribution in [-0.4, -0.2) is 48.8 Å². The molecule has 13 heavy (non-hydrogen) atoms. The predicted octanol–water partition coefficient (Wildman–Crippen LogP) is 0.713. The van der Waals surface area contributed by atoms with E-state index in [1.165, 1.54) is 6.92 Å². The summed E-state index contributed by atoms with van der Waals surface area (Å²) < 4.78 is 25.5. The Balaban J connectivity index is 0. The Kier molecular flexibility index (Phi) is 9.23. The molecule has 0 aromatic heterocycles. The molecular weight excluding hydrogens is 207 g/mol. The minimum Gasteiger partial charge on any atom is -0.509 e. The fraction of sp³-hybridized carbons (Fsp3) is 0.667. The molecule has 0 rings (SSSR count). The Hall–Kier alpha value is 0.250. The van der Waals surface area contributed by atoms with Gasteiger partial charge in [0.1, 0.15) is 5.76 Å². The first-order valence-electron chi connectivity index (χ1n) is 3.41. The second-order valence-corrected chi connectivity index (χ2v) is 3.84. The van der Waals surface area contributed by atoms with Crippen molar-refractivity contribution >= 4 is 39.7 Å². The second kappa shape index (κ2) is 7.64. The summed E-state index contributed by atoms with van der Waals surface area (Å²) in [4.78, 5) is 4.11. The van der Waals surface area contributed by atoms with E-state index >= 15 is 0 Å². The van der Waals surface area contributed by atoms with Crippen molar-refractivity contribution in [3.05, 3.63) is 12.0 Å². The molecule has 1 radical (unpaired) electrons. The summed E-state index contributed by atoms with van der Waals surface area (Å²) in [5.74, 6) is -0.271. The molecule has 0 aliphatic rings. The monoisotopic (exact) mass is 219 g/mol. The van der Waals surface area contributed by atoms with Crippen molar-refractivity contribution < 1.29 is 22.7 Å². The van der Waals surface area contributed by atoms with Gasteiger partial charge in [-0.1, -0.05) is 11.3 Å². The van der Waals surface area contributed by atoms with Gasteiger partial charge in [-0.15, -0.1) is 0 Å². The molecule has 0 saturated carbocycles. The average molecular weight is 219 g/mol. The summed E-state index contributed by atoms with van der Waals surface area (Å²) in [6, 6.07) is 0. The molecule has 0 bridgehead atoms. The van der Waals surface area contributed by atoms with Gasteiger partial charge in [0.2, 0.25) is 0 Å². The summed E-state index contributed by atoms with van der Waals surface area (Å²) in [6.07, 6.45) is 1.25. The smallest absolute Gasteiger partial charge is 0.303 e. The molecule has 0 aromatic rings. The van der Waals surface area contributed by atoms with E-state index in [1.54, 1.807) is 6.92 Å². The van der Waals surface area contributed by atoms with Crippen molar-refractivity contribution in [1.82, 2.24) is 0 Å². The van der Waals surface area contributed by atoms with Crippen LogP contribution in [0.15, 0.2) is 12.0 Å². The maximum atomic E-state index is 10.8. The van der Waals surface area contributed by atoms with E-state index in [9.17, 15) is 8.42 Å². The molecule has 0 spiro atoms. The number of hydrogen-bond donors (Lipinski definition) is 1. The Bertz CT molecular complexity index is 242. The fourth-order valence-electron chi connectivity index (χ4n) is 0.433. The molecule has 0 aromatic carbocycles. The molecule has 0 fully saturated rings. The van der Waals surface area contributed by atoms with Gasteiger partial charge in [-0.2, -0.15) is 8.42 Å². The number of hydrogen-bond acceptors (Lipinski definition) is 5. The van der Waals surface area contributed by atoms with Gasteiger partial charge in [0.25, 0.3) is 0 Å². The zero-order valence-electron chi connectivity index (χ0n) is 7.98. The minimum absolute atomic E-state index is 0. The van der Waals surface area contributed by atoms with Gasteiger partial charge in [-0.3, -0.25) is 0 Å². The van der Waals surface area contributed by atoms with Crippen LogP contribution in [0.4, 0.5) is 0 Å². The van der Waals surface area contributed by atoms with Crippen LogP contribution in [0.3, 0.4) is 0 Å². The summed E-state index contributed by atoms with van der Waals surface area (Å²) in [7, 11) is -3.61. The van der Waals surface area contributed by atoms with E-state index in [2.05, 4.69) is 9.22 Å². The number of aliphatic hydroxyl groups is 1. The van der Waals surface area contributed by atoms with Crippen molar-refractivity contribution in [3.63, 3.8) is 0 Å². The van der Waals surface area contributed by atoms with Crippen molar-refractivity contribution in [1.29, 1.82) is 0 Å². The SMILES string of the molecule is CCCS(=O)(=O)OOC=C(C)O.[Na]. The second-order valence-electron chi connectivity index (χ2n) is 2.19. The first kappa shape index (κ1) is 15.7. The van der Waals surface area contributed by atoms with Gasteiger partial charge in [-0.25, -0.2) is 0 Å². The molecule has 1 N–H and O–H groups in total. The summed E-state index contributed by atoms with van der Waals surface area (Å²) in [5.41, 5.74) is 0. The summed E-state index contributed by atoms with van der Waals surface area (Å²) >= 11 is 0. The van der Waals surface area contributed by atoms with Gasteiger partial charge in [-0.05, 0) is 13.3 Å². The summed E-state index contributed by atoms with van der Waals surface area (Å²) in [5, 5.41) is 8.54. The standard InChI is InChI=1S/C6H12O5S.Na/c1-3-4-12(8,9)11-10-5-6(2)7;/h5,7H,3-4H2,1-2H3;. The molecule has 7 heteroatoms. The molecule has 73 valence electrons. The zero-order chi connectivity index (χ0) is 9.61. The van der Waals surface area contributed by atoms with Crippen molar-refractivity contribution in [2.24, 2.45) is 0 Å². The number of rotatable bonds is 5. The summed E-state index contributed by atoms with van der Waals surface area (Å²) in [6.45, 7) is 3.03. The van der Waals surface area contributed by atoms with Crippen molar-refractivity contribution in [3.8, 4) is 0 Å². The van der Waals surface area contributed by atoms with Crippen LogP contribution in [0.25, 0.3) is 0 Å². The van der Waals surface area contributed by atoms with Gasteiger partial charge >= 0.3 is 10.1 Å². The van der Waals surface area contributed by atoms with Crippen LogP contribution in [0.1, 0.15) is 20.3 Å². The van der Waals surface area contributed by atoms with E-state index in [-0.39, 0.29) is 41.1 Å². The van der Waals surface area contributed by atoms with Gasteiger partial charge in [0, 0.05) is 29.6 Å². The third kappa shape index (κ3) is 10.2. The quantitative estimate of drug-likeness (QED) is 0.319. The van der Waals surface area contributed by atoms with Crippen LogP contribution in [0.2, 0.25) is 0 Å². The molecule has 0 amide bonds. The molecule has 0 aliphatic heterocycles. The Labute approximate surface area is 100 Å². The third-order valence-corrected chi connectivity index (χ3v) is 2.01. The van der Waals surface area contributed by atoms with Crippen molar-refractivity contribution in [2.45, 2.75) is 20.3 Å². The molecule has 5 nitrogen and oxygen atoms in total. The minimum atomic E-state index is -3.61. The normalized spacial score (nSPS) is 12.0. The van der Waals surface area contributed by atoms with E-state index < -0.39 is 10.1 Å². The van der Waals surface area contributed by atoms with E-state index in [1.807, 2.05) is 0 Å². The third-order valence-electron chi connectivity index (χ3n) is 0.816. The number of aliphatic hydroxyl groups excluding tert-OH is 1. The first-order chi connectivity index (χ1) is 5.48. The maximum Gasteiger partial charge on any atom is 0.303 e. The molecule has 0 saturated heterocycles. The van der Waals surface area contributed by atoms with E-state index in [0.717, 1.165) is 6.26 Å². The number of allylic oxidation sites excluding steroid dienone is 1. The van der Waals surface area contributed by atoms with Crippen LogP contribution < -0.4 is 0 Å². The van der Waals surface area contributed by atoms with E-state index in [0.29, 0.717) is 6.42 Å². The Morgan fingerprint density at radius 2 is 2.08 bits per heavy atom. The molecular formula is C6H12NaO5S. The largest absolute Gasteiger partial charge is 0.509 e. The van der Waals surface area contributed by atoms with Gasteiger partial charge < -0.3 is 9.99 Å². The fourth-order valence-corrected chi connectivity index (χ4v) is 1.16. The molecule has 0 atom stereocenters. The molecule has 0 aliphatic carbocycles. The zero-order valence-corrected chi connectivity index (χ0v) is 10.8. The van der Waals surface area contributed by atoms with Gasteiger partial charge in [0.05, 0.1) is 5.75 Å². The Morgan fingerprint density at radius 1 is 1.54 bits per heavy atom. The molecule has 0 heterocycles. The van der Waals surface area contributed by atoms with Crippen LogP contribution in [0, 0.1) is 0 Å². The first-order valence-corrected chi connectivity index (χ1v) is 4.99. The van der Waals surface area contributed by atoms with Crippen molar-refractivity contribution in [2.75, 3.05) is 5.75 Å². The topological polar surface area (TPSA) is 72.8 Å². The predicted molar refractivity (Wildman–Crippen MR) is 48.4 cm³/mol. The van der Waals surface area contributed by atoms with E-state index in [4.69, 9.17) is 5.11 Å². The maximum absolute atomic E-state index is 10.8. The van der Waals surface area contributed by atoms with Crippen LogP contribution >= 0.6 is 0 Å². The molecule has 0 unspecified atom stereocenters. The Morgan fingerprint density at radius 3 is 2.46 bits per heavy atom. The van der Waals surface area contributed by atoms with Crippen LogP contribution in [0.5, 0.6) is 0 Å². The average Bonchev–Trinajstić information content (AvgIpc) is 1.85. The van der Waals surface area contributed by atoms with Gasteiger partial charge in [0.15, 0.2) is 6.26 Å².